The number of nitrogens with zero attached hydrogens (tertiary/aromatic N) is 1. The van der Waals surface area contributed by atoms with E-state index < -0.39 is 10.8 Å². The fraction of sp³-hybridized carbons (Fsp3) is 0.571. The molecule has 18 heavy (non-hydrogen) atoms. The lowest BCUT2D eigenvalue weighted by Gasteiger charge is -2.35. The maximum absolute atomic E-state index is 11.7. The molecule has 1 aliphatic heterocycles. The smallest absolute Gasteiger partial charge is 0.0526 e. The van der Waals surface area contributed by atoms with E-state index >= 15 is 0 Å². The van der Waals surface area contributed by atoms with Crippen LogP contribution in [0.15, 0.2) is 29.2 Å². The van der Waals surface area contributed by atoms with Crippen LogP contribution < -0.4 is 5.32 Å². The van der Waals surface area contributed by atoms with Gasteiger partial charge in [0.05, 0.1) is 10.8 Å². The first-order valence-electron chi connectivity index (χ1n) is 6.69. The van der Waals surface area contributed by atoms with E-state index in [9.17, 15) is 4.21 Å². The van der Waals surface area contributed by atoms with Crippen molar-refractivity contribution in [3.05, 3.63) is 29.8 Å². The fourth-order valence-electron chi connectivity index (χ4n) is 2.46. The highest BCUT2D eigenvalue weighted by Gasteiger charge is 2.22. The lowest BCUT2D eigenvalue weighted by atomic mass is 10.0. The molecule has 1 saturated heterocycles. The van der Waals surface area contributed by atoms with Gasteiger partial charge in [-0.3, -0.25) is 9.11 Å². The second kappa shape index (κ2) is 6.45. The second-order valence-corrected chi connectivity index (χ2v) is 6.29. The molecule has 0 bridgehead atoms. The third-order valence-corrected chi connectivity index (χ3v) is 4.87. The number of piperazine rings is 1. The zero-order valence-electron chi connectivity index (χ0n) is 11.2. The number of hydrogen-bond acceptors (Lipinski definition) is 3. The summed E-state index contributed by atoms with van der Waals surface area (Å²) in [6.07, 6.45) is 0. The fourth-order valence-corrected chi connectivity index (χ4v) is 3.23. The van der Waals surface area contributed by atoms with Crippen LogP contribution in [0.2, 0.25) is 0 Å². The number of nitrogens with one attached hydrogen (secondary N) is 1. The van der Waals surface area contributed by atoms with Gasteiger partial charge in [-0.2, -0.15) is 0 Å². The van der Waals surface area contributed by atoms with Gasteiger partial charge >= 0.3 is 0 Å². The predicted octanol–water partition coefficient (Wildman–Crippen LogP) is 1.78. The lowest BCUT2D eigenvalue weighted by molar-refractivity contribution is 0.171. The van der Waals surface area contributed by atoms with E-state index in [1.807, 2.05) is 19.1 Å². The van der Waals surface area contributed by atoms with Crippen molar-refractivity contribution < 1.29 is 4.21 Å². The van der Waals surface area contributed by atoms with E-state index in [0.717, 1.165) is 31.1 Å². The first kappa shape index (κ1) is 13.7. The van der Waals surface area contributed by atoms with Crippen molar-refractivity contribution in [3.63, 3.8) is 0 Å². The number of likely N-dealkylation sites (N-methyl/N-ethyl adjacent to an activating group) is 1. The number of hydrogen-bond donors (Lipinski definition) is 1. The van der Waals surface area contributed by atoms with Gasteiger partial charge in [-0.25, -0.2) is 0 Å². The largest absolute Gasteiger partial charge is 0.314 e. The van der Waals surface area contributed by atoms with Gasteiger partial charge < -0.3 is 5.32 Å². The zero-order valence-corrected chi connectivity index (χ0v) is 12.0. The summed E-state index contributed by atoms with van der Waals surface area (Å²) in [6, 6.07) is 8.73. The third-order valence-electron chi connectivity index (χ3n) is 3.55. The van der Waals surface area contributed by atoms with Crippen molar-refractivity contribution in [2.24, 2.45) is 0 Å². The van der Waals surface area contributed by atoms with Crippen LogP contribution in [0.1, 0.15) is 25.5 Å². The highest BCUT2D eigenvalue weighted by atomic mass is 32.2. The van der Waals surface area contributed by atoms with Gasteiger partial charge in [0.15, 0.2) is 0 Å². The van der Waals surface area contributed by atoms with Crippen molar-refractivity contribution >= 4 is 10.8 Å². The van der Waals surface area contributed by atoms with Crippen molar-refractivity contribution in [3.8, 4) is 0 Å². The van der Waals surface area contributed by atoms with E-state index in [0.29, 0.717) is 11.8 Å². The number of rotatable bonds is 4. The molecule has 100 valence electrons. The molecule has 0 radical (unpaired) electrons. The molecule has 2 rings (SSSR count). The average molecular weight is 266 g/mol. The zero-order chi connectivity index (χ0) is 13.0. The summed E-state index contributed by atoms with van der Waals surface area (Å²) in [5.41, 5.74) is 1.32. The second-order valence-electron chi connectivity index (χ2n) is 4.55. The van der Waals surface area contributed by atoms with Gasteiger partial charge in [-0.15, -0.1) is 0 Å². The van der Waals surface area contributed by atoms with Gasteiger partial charge in [0.2, 0.25) is 0 Å². The van der Waals surface area contributed by atoms with Gasteiger partial charge in [-0.05, 0) is 24.2 Å². The van der Waals surface area contributed by atoms with Crippen molar-refractivity contribution in [1.82, 2.24) is 10.2 Å². The van der Waals surface area contributed by atoms with Crippen molar-refractivity contribution in [1.29, 1.82) is 0 Å². The van der Waals surface area contributed by atoms with Gasteiger partial charge in [0, 0.05) is 36.3 Å². The molecule has 1 fully saturated rings. The summed E-state index contributed by atoms with van der Waals surface area (Å²) in [7, 11) is -0.843. The Bertz CT molecular complexity index is 405. The van der Waals surface area contributed by atoms with E-state index in [1.165, 1.54) is 5.56 Å². The Morgan fingerprint density at radius 3 is 2.67 bits per heavy atom. The summed E-state index contributed by atoms with van der Waals surface area (Å²) < 4.78 is 11.7. The molecule has 1 aromatic rings. The summed E-state index contributed by atoms with van der Waals surface area (Å²) in [4.78, 5) is 3.43. The molecule has 4 heteroatoms. The predicted molar refractivity (Wildman–Crippen MR) is 76.2 cm³/mol. The van der Waals surface area contributed by atoms with Crippen LogP contribution in [-0.4, -0.2) is 41.0 Å². The molecule has 0 saturated carbocycles. The van der Waals surface area contributed by atoms with Gasteiger partial charge in [0.1, 0.15) is 0 Å². The quantitative estimate of drug-likeness (QED) is 0.901. The Balaban J connectivity index is 2.15. The Labute approximate surface area is 112 Å². The molecular weight excluding hydrogens is 244 g/mol. The molecule has 2 atom stereocenters. The summed E-state index contributed by atoms with van der Waals surface area (Å²) in [5, 5.41) is 3.44. The normalized spacial score (nSPS) is 22.9. The minimum Gasteiger partial charge on any atom is -0.314 e. The van der Waals surface area contributed by atoms with Crippen LogP contribution in [0.25, 0.3) is 0 Å². The molecule has 0 aromatic heterocycles. The van der Waals surface area contributed by atoms with Crippen LogP contribution in [0.4, 0.5) is 0 Å². The van der Waals surface area contributed by atoms with Gasteiger partial charge in [0.25, 0.3) is 0 Å². The molecule has 1 heterocycles. The van der Waals surface area contributed by atoms with E-state index in [2.05, 4.69) is 29.3 Å². The SMILES string of the molecule is CCN1CCNCC1c1ccc(S(=O)CC)cc1. The monoisotopic (exact) mass is 266 g/mol. The van der Waals surface area contributed by atoms with E-state index in [-0.39, 0.29) is 0 Å². The molecular formula is C14H22N2OS. The minimum atomic E-state index is -0.843. The summed E-state index contributed by atoms with van der Waals surface area (Å²) in [6.45, 7) is 8.41. The Kier molecular flexibility index (Phi) is 4.92. The molecule has 2 unspecified atom stereocenters. The minimum absolute atomic E-state index is 0.452. The first-order valence-corrected chi connectivity index (χ1v) is 8.01. The maximum Gasteiger partial charge on any atom is 0.0526 e. The topological polar surface area (TPSA) is 32.3 Å². The highest BCUT2D eigenvalue weighted by molar-refractivity contribution is 7.85. The summed E-state index contributed by atoms with van der Waals surface area (Å²) >= 11 is 0. The maximum atomic E-state index is 11.7. The molecule has 0 spiro atoms. The summed E-state index contributed by atoms with van der Waals surface area (Å²) in [5.74, 6) is 0.686. The molecule has 1 N–H and O–H groups in total. The average Bonchev–Trinajstić information content (AvgIpc) is 2.46. The van der Waals surface area contributed by atoms with Crippen LogP contribution in [0, 0.1) is 0 Å². The Morgan fingerprint density at radius 1 is 1.33 bits per heavy atom. The van der Waals surface area contributed by atoms with Crippen LogP contribution >= 0.6 is 0 Å². The molecule has 3 nitrogen and oxygen atoms in total. The van der Waals surface area contributed by atoms with Crippen LogP contribution in [-0.2, 0) is 10.8 Å². The first-order chi connectivity index (χ1) is 8.76. The van der Waals surface area contributed by atoms with E-state index in [4.69, 9.17) is 0 Å². The van der Waals surface area contributed by atoms with Crippen LogP contribution in [0.5, 0.6) is 0 Å². The Hall–Kier alpha value is -0.710. The molecule has 0 amide bonds. The lowest BCUT2D eigenvalue weighted by Crippen LogP contribution is -2.45. The standard InChI is InChI=1S/C14H22N2OS/c1-3-16-10-9-15-11-14(16)12-5-7-13(8-6-12)18(17)4-2/h5-8,14-15H,3-4,9-11H2,1-2H3. The number of benzene rings is 1. The molecule has 0 aliphatic carbocycles. The Morgan fingerprint density at radius 2 is 2.06 bits per heavy atom. The molecule has 1 aliphatic rings. The highest BCUT2D eigenvalue weighted by Crippen LogP contribution is 2.22. The van der Waals surface area contributed by atoms with Gasteiger partial charge in [-0.1, -0.05) is 26.0 Å². The van der Waals surface area contributed by atoms with Crippen molar-refractivity contribution in [2.45, 2.75) is 24.8 Å². The molecule has 1 aromatic carbocycles. The van der Waals surface area contributed by atoms with Crippen molar-refractivity contribution in [2.75, 3.05) is 31.9 Å². The third kappa shape index (κ3) is 2.99. The van der Waals surface area contributed by atoms with E-state index in [1.54, 1.807) is 0 Å². The van der Waals surface area contributed by atoms with Crippen LogP contribution in [0.3, 0.4) is 0 Å².